The zero-order chi connectivity index (χ0) is 15.0. The Morgan fingerprint density at radius 3 is 2.71 bits per heavy atom. The Morgan fingerprint density at radius 1 is 1.24 bits per heavy atom. The topological polar surface area (TPSA) is 65.1 Å². The lowest BCUT2D eigenvalue weighted by Gasteiger charge is -2.24. The number of aromatic amines is 1. The number of rotatable bonds is 1. The Hall–Kier alpha value is -1.43. The summed E-state index contributed by atoms with van der Waals surface area (Å²) in [5.74, 6) is 1.05. The molecule has 0 spiro atoms. The van der Waals surface area contributed by atoms with Gasteiger partial charge in [0.25, 0.3) is 5.91 Å². The van der Waals surface area contributed by atoms with Gasteiger partial charge in [-0.3, -0.25) is 14.8 Å². The smallest absolute Gasteiger partial charge is 0.293 e. The van der Waals surface area contributed by atoms with Crippen molar-refractivity contribution in [2.24, 2.45) is 0 Å². The van der Waals surface area contributed by atoms with Gasteiger partial charge in [0.15, 0.2) is 0 Å². The van der Waals surface area contributed by atoms with Gasteiger partial charge in [-0.25, -0.2) is 4.98 Å². The van der Waals surface area contributed by atoms with Crippen molar-refractivity contribution in [1.82, 2.24) is 25.0 Å². The van der Waals surface area contributed by atoms with Crippen LogP contribution in [0.2, 0.25) is 0 Å². The molecule has 1 N–H and O–H groups in total. The van der Waals surface area contributed by atoms with E-state index in [4.69, 9.17) is 0 Å². The molecule has 0 aromatic carbocycles. The van der Waals surface area contributed by atoms with Crippen molar-refractivity contribution in [3.8, 4) is 0 Å². The predicted octanol–water partition coefficient (Wildman–Crippen LogP) is 1.41. The number of amides is 1. The van der Waals surface area contributed by atoms with Gasteiger partial charge in [0.1, 0.15) is 5.82 Å². The molecule has 2 aliphatic heterocycles. The van der Waals surface area contributed by atoms with Gasteiger partial charge in [0.2, 0.25) is 5.82 Å². The van der Waals surface area contributed by atoms with E-state index in [0.717, 1.165) is 31.9 Å². The minimum atomic E-state index is -0.118. The summed E-state index contributed by atoms with van der Waals surface area (Å²) >= 11 is 0. The van der Waals surface area contributed by atoms with Crippen molar-refractivity contribution in [3.05, 3.63) is 11.6 Å². The van der Waals surface area contributed by atoms with E-state index in [-0.39, 0.29) is 11.3 Å². The third kappa shape index (κ3) is 2.95. The monoisotopic (exact) mass is 291 g/mol. The summed E-state index contributed by atoms with van der Waals surface area (Å²) in [6.07, 6.45) is 3.49. The van der Waals surface area contributed by atoms with E-state index < -0.39 is 0 Å². The van der Waals surface area contributed by atoms with E-state index in [1.54, 1.807) is 0 Å². The maximum Gasteiger partial charge on any atom is 0.293 e. The van der Waals surface area contributed by atoms with Crippen LogP contribution in [0.15, 0.2) is 0 Å². The molecule has 3 heterocycles. The molecule has 6 nitrogen and oxygen atoms in total. The molecule has 2 fully saturated rings. The van der Waals surface area contributed by atoms with Crippen LogP contribution in [0.3, 0.4) is 0 Å². The van der Waals surface area contributed by atoms with Crippen LogP contribution < -0.4 is 0 Å². The highest BCUT2D eigenvalue weighted by molar-refractivity contribution is 5.90. The minimum absolute atomic E-state index is 0.0319. The summed E-state index contributed by atoms with van der Waals surface area (Å²) in [6, 6.07) is 0.525. The van der Waals surface area contributed by atoms with E-state index >= 15 is 0 Å². The second-order valence-electron chi connectivity index (χ2n) is 7.19. The lowest BCUT2D eigenvalue weighted by molar-refractivity contribution is 0.0731. The Kier molecular flexibility index (Phi) is 3.73. The fraction of sp³-hybridized carbons (Fsp3) is 0.800. The van der Waals surface area contributed by atoms with Crippen LogP contribution in [-0.4, -0.2) is 63.1 Å². The summed E-state index contributed by atoms with van der Waals surface area (Å²) in [5.41, 5.74) is -0.118. The quantitative estimate of drug-likeness (QED) is 0.849. The number of aromatic nitrogens is 3. The maximum atomic E-state index is 12.6. The Labute approximate surface area is 125 Å². The number of carbonyl (C=O) groups is 1. The molecule has 1 atom stereocenters. The maximum absolute atomic E-state index is 12.6. The van der Waals surface area contributed by atoms with Crippen LogP contribution >= 0.6 is 0 Å². The Morgan fingerprint density at radius 2 is 2.00 bits per heavy atom. The third-order valence-electron chi connectivity index (χ3n) is 4.48. The average Bonchev–Trinajstić information content (AvgIpc) is 3.03. The van der Waals surface area contributed by atoms with Gasteiger partial charge >= 0.3 is 0 Å². The molecular weight excluding hydrogens is 266 g/mol. The first-order valence-corrected chi connectivity index (χ1v) is 7.91. The lowest BCUT2D eigenvalue weighted by Crippen LogP contribution is -2.40. The SMILES string of the molecule is CC(C)(C)c1nc(C(=O)N2CCCN3CCCC3C2)n[nH]1. The molecule has 21 heavy (non-hydrogen) atoms. The summed E-state index contributed by atoms with van der Waals surface area (Å²) in [6.45, 7) is 10.1. The van der Waals surface area contributed by atoms with E-state index in [1.165, 1.54) is 19.4 Å². The van der Waals surface area contributed by atoms with Gasteiger partial charge in [-0.15, -0.1) is 5.10 Å². The number of carbonyl (C=O) groups excluding carboxylic acids is 1. The van der Waals surface area contributed by atoms with Gasteiger partial charge in [-0.1, -0.05) is 20.8 Å². The summed E-state index contributed by atoms with van der Waals surface area (Å²) in [4.78, 5) is 21.5. The van der Waals surface area contributed by atoms with Gasteiger partial charge in [0.05, 0.1) is 0 Å². The van der Waals surface area contributed by atoms with E-state index in [2.05, 4.69) is 40.9 Å². The van der Waals surface area contributed by atoms with E-state index in [1.807, 2.05) is 4.90 Å². The first-order chi connectivity index (χ1) is 9.95. The normalized spacial score (nSPS) is 24.0. The van der Waals surface area contributed by atoms with Crippen LogP contribution in [0.25, 0.3) is 0 Å². The molecule has 1 amide bonds. The standard InChI is InChI=1S/C15H25N5O/c1-15(2,3)14-16-12(17-18-14)13(21)20-9-5-8-19-7-4-6-11(19)10-20/h11H,4-10H2,1-3H3,(H,16,17,18). The molecule has 0 radical (unpaired) electrons. The van der Waals surface area contributed by atoms with Crippen molar-refractivity contribution in [2.45, 2.75) is 51.5 Å². The molecule has 2 aliphatic rings. The zero-order valence-electron chi connectivity index (χ0n) is 13.2. The number of hydrogen-bond donors (Lipinski definition) is 1. The first kappa shape index (κ1) is 14.5. The first-order valence-electron chi connectivity index (χ1n) is 7.91. The van der Waals surface area contributed by atoms with Crippen LogP contribution in [-0.2, 0) is 5.41 Å². The van der Waals surface area contributed by atoms with Crippen molar-refractivity contribution >= 4 is 5.91 Å². The van der Waals surface area contributed by atoms with Crippen LogP contribution in [0, 0.1) is 0 Å². The fourth-order valence-corrected chi connectivity index (χ4v) is 3.23. The molecule has 0 saturated carbocycles. The second kappa shape index (κ2) is 5.40. The lowest BCUT2D eigenvalue weighted by atomic mass is 9.96. The van der Waals surface area contributed by atoms with Crippen molar-refractivity contribution in [2.75, 3.05) is 26.2 Å². The number of nitrogens with zero attached hydrogens (tertiary/aromatic N) is 4. The number of hydrogen-bond acceptors (Lipinski definition) is 4. The largest absolute Gasteiger partial charge is 0.334 e. The Balaban J connectivity index is 1.73. The van der Waals surface area contributed by atoms with Gasteiger partial charge < -0.3 is 4.90 Å². The molecular formula is C15H25N5O. The second-order valence-corrected chi connectivity index (χ2v) is 7.19. The van der Waals surface area contributed by atoms with Crippen LogP contribution in [0.5, 0.6) is 0 Å². The van der Waals surface area contributed by atoms with Crippen LogP contribution in [0.4, 0.5) is 0 Å². The number of nitrogens with one attached hydrogen (secondary N) is 1. The van der Waals surface area contributed by atoms with E-state index in [0.29, 0.717) is 11.9 Å². The zero-order valence-corrected chi connectivity index (χ0v) is 13.2. The summed E-state index contributed by atoms with van der Waals surface area (Å²) in [5, 5.41) is 7.04. The summed E-state index contributed by atoms with van der Waals surface area (Å²) in [7, 11) is 0. The highest BCUT2D eigenvalue weighted by Crippen LogP contribution is 2.22. The third-order valence-corrected chi connectivity index (χ3v) is 4.48. The molecule has 3 rings (SSSR count). The number of fused-ring (bicyclic) bond motifs is 1. The molecule has 1 aromatic heterocycles. The molecule has 0 bridgehead atoms. The predicted molar refractivity (Wildman–Crippen MR) is 80.2 cm³/mol. The Bertz CT molecular complexity index is 518. The highest BCUT2D eigenvalue weighted by Gasteiger charge is 2.32. The fourth-order valence-electron chi connectivity index (χ4n) is 3.23. The highest BCUT2D eigenvalue weighted by atomic mass is 16.2. The number of H-pyrrole nitrogens is 1. The van der Waals surface area contributed by atoms with Crippen molar-refractivity contribution < 1.29 is 4.79 Å². The molecule has 6 heteroatoms. The van der Waals surface area contributed by atoms with Crippen molar-refractivity contribution in [1.29, 1.82) is 0 Å². The molecule has 1 unspecified atom stereocenters. The molecule has 2 saturated heterocycles. The minimum Gasteiger partial charge on any atom is -0.334 e. The molecule has 0 aliphatic carbocycles. The van der Waals surface area contributed by atoms with Gasteiger partial charge in [0, 0.05) is 31.1 Å². The molecule has 1 aromatic rings. The van der Waals surface area contributed by atoms with Crippen molar-refractivity contribution in [3.63, 3.8) is 0 Å². The summed E-state index contributed by atoms with van der Waals surface area (Å²) < 4.78 is 0. The van der Waals surface area contributed by atoms with Gasteiger partial charge in [-0.2, -0.15) is 0 Å². The average molecular weight is 291 g/mol. The van der Waals surface area contributed by atoms with Gasteiger partial charge in [-0.05, 0) is 25.8 Å². The van der Waals surface area contributed by atoms with E-state index in [9.17, 15) is 4.79 Å². The van der Waals surface area contributed by atoms with Crippen LogP contribution in [0.1, 0.15) is 56.5 Å². The molecule has 116 valence electrons.